The van der Waals surface area contributed by atoms with Gasteiger partial charge < -0.3 is 14.1 Å². The maximum Gasteiger partial charge on any atom is 0.197 e. The van der Waals surface area contributed by atoms with Crippen molar-refractivity contribution in [3.63, 3.8) is 0 Å². The molecule has 0 spiro atoms. The molecule has 6 heteroatoms. The number of carbonyl (C=O) groups is 1. The molecule has 2 aromatic carbocycles. The van der Waals surface area contributed by atoms with Crippen molar-refractivity contribution >= 4 is 22.4 Å². The number of ketones is 1. The van der Waals surface area contributed by atoms with Gasteiger partial charge in [-0.15, -0.1) is 0 Å². The summed E-state index contributed by atoms with van der Waals surface area (Å²) < 4.78 is 11.8. The zero-order valence-corrected chi connectivity index (χ0v) is 21.4. The first-order chi connectivity index (χ1) is 17.4. The summed E-state index contributed by atoms with van der Waals surface area (Å²) in [6, 6.07) is 12.5. The number of ether oxygens (including phenoxy) is 1. The van der Waals surface area contributed by atoms with Crippen molar-refractivity contribution in [2.24, 2.45) is 0 Å². The fourth-order valence-corrected chi connectivity index (χ4v) is 6.42. The van der Waals surface area contributed by atoms with Crippen LogP contribution in [0.4, 0.5) is 5.69 Å². The van der Waals surface area contributed by atoms with E-state index in [2.05, 4.69) is 48.8 Å². The van der Waals surface area contributed by atoms with Crippen LogP contribution in [0.5, 0.6) is 0 Å². The second-order valence-corrected chi connectivity index (χ2v) is 10.8. The van der Waals surface area contributed by atoms with Crippen LogP contribution in [-0.4, -0.2) is 56.1 Å². The van der Waals surface area contributed by atoms with Crippen LogP contribution in [0.2, 0.25) is 0 Å². The Balaban J connectivity index is 1.37. The van der Waals surface area contributed by atoms with Gasteiger partial charge in [0.05, 0.1) is 30.4 Å². The summed E-state index contributed by atoms with van der Waals surface area (Å²) in [5.41, 5.74) is 5.62. The number of fused-ring (bicyclic) bond motifs is 4. The van der Waals surface area contributed by atoms with Gasteiger partial charge in [-0.2, -0.15) is 5.26 Å². The normalized spacial score (nSPS) is 20.3. The van der Waals surface area contributed by atoms with Gasteiger partial charge in [0.25, 0.3) is 0 Å². The van der Waals surface area contributed by atoms with Crippen molar-refractivity contribution in [1.29, 1.82) is 5.26 Å². The van der Waals surface area contributed by atoms with Gasteiger partial charge in [0, 0.05) is 54.3 Å². The molecule has 0 atom stereocenters. The number of anilines is 1. The van der Waals surface area contributed by atoms with E-state index in [9.17, 15) is 10.1 Å². The van der Waals surface area contributed by atoms with Gasteiger partial charge in [0.1, 0.15) is 11.3 Å². The van der Waals surface area contributed by atoms with Crippen LogP contribution in [0.15, 0.2) is 34.7 Å². The number of morpholine rings is 1. The molecule has 1 aliphatic carbocycles. The summed E-state index contributed by atoms with van der Waals surface area (Å²) >= 11 is 0. The summed E-state index contributed by atoms with van der Waals surface area (Å²) in [6.45, 7) is 12.3. The first kappa shape index (κ1) is 23.3. The van der Waals surface area contributed by atoms with E-state index >= 15 is 0 Å². The van der Waals surface area contributed by atoms with Crippen LogP contribution >= 0.6 is 0 Å². The van der Waals surface area contributed by atoms with Gasteiger partial charge in [-0.3, -0.25) is 9.69 Å². The number of furan rings is 1. The topological polar surface area (TPSA) is 69.7 Å². The van der Waals surface area contributed by atoms with Crippen LogP contribution < -0.4 is 4.90 Å². The average Bonchev–Trinajstić information content (AvgIpc) is 3.32. The first-order valence-electron chi connectivity index (χ1n) is 13.2. The zero-order chi connectivity index (χ0) is 25.0. The third kappa shape index (κ3) is 3.56. The molecule has 6 nitrogen and oxygen atoms in total. The Kier molecular flexibility index (Phi) is 5.66. The van der Waals surface area contributed by atoms with Gasteiger partial charge in [0.2, 0.25) is 0 Å². The number of hydrogen-bond donors (Lipinski definition) is 0. The molecule has 1 aromatic heterocycles. The summed E-state index contributed by atoms with van der Waals surface area (Å²) in [5, 5.41) is 10.1. The van der Waals surface area contributed by atoms with Crippen molar-refractivity contribution in [2.75, 3.05) is 44.3 Å². The molecular formula is C30H33N3O3. The van der Waals surface area contributed by atoms with Crippen molar-refractivity contribution in [1.82, 2.24) is 4.90 Å². The van der Waals surface area contributed by atoms with Crippen LogP contribution in [0.1, 0.15) is 72.0 Å². The van der Waals surface area contributed by atoms with Gasteiger partial charge in [-0.05, 0) is 74.6 Å². The summed E-state index contributed by atoms with van der Waals surface area (Å²) in [5.74, 6) is 0.723. The van der Waals surface area contributed by atoms with Gasteiger partial charge in [0.15, 0.2) is 5.78 Å². The predicted molar refractivity (Wildman–Crippen MR) is 140 cm³/mol. The fourth-order valence-electron chi connectivity index (χ4n) is 6.42. The van der Waals surface area contributed by atoms with E-state index in [1.807, 2.05) is 6.07 Å². The van der Waals surface area contributed by atoms with Crippen molar-refractivity contribution < 1.29 is 13.9 Å². The second kappa shape index (κ2) is 8.76. The zero-order valence-electron chi connectivity index (χ0n) is 21.4. The largest absolute Gasteiger partial charge is 0.459 e. The SMILES string of the molecule is CCc1cc2c(cc1N1CCC(N3CCOCC3)CC1)C(C)(C)c1oc3cc(C#N)ccc3c1C2=O. The Bertz CT molecular complexity index is 1380. The van der Waals surface area contributed by atoms with E-state index in [1.54, 1.807) is 12.1 Å². The van der Waals surface area contributed by atoms with Crippen LogP contribution in [0.25, 0.3) is 11.0 Å². The highest BCUT2D eigenvalue weighted by Crippen LogP contribution is 2.47. The Labute approximate surface area is 212 Å². The van der Waals surface area contributed by atoms with Crippen LogP contribution in [0.3, 0.4) is 0 Å². The number of aryl methyl sites for hydroxylation is 1. The Morgan fingerprint density at radius 2 is 1.83 bits per heavy atom. The number of piperidine rings is 1. The Hall–Kier alpha value is -3.14. The minimum atomic E-state index is -0.461. The highest BCUT2D eigenvalue weighted by atomic mass is 16.5. The number of hydrogen-bond acceptors (Lipinski definition) is 6. The average molecular weight is 484 g/mol. The molecule has 0 bridgehead atoms. The molecule has 2 aliphatic heterocycles. The molecule has 2 saturated heterocycles. The molecule has 0 amide bonds. The molecule has 0 saturated carbocycles. The van der Waals surface area contributed by atoms with Crippen molar-refractivity contribution in [3.8, 4) is 6.07 Å². The van der Waals surface area contributed by atoms with Gasteiger partial charge >= 0.3 is 0 Å². The molecule has 6 rings (SSSR count). The number of nitrogens with zero attached hydrogens (tertiary/aromatic N) is 3. The molecule has 0 unspecified atom stereocenters. The first-order valence-corrected chi connectivity index (χ1v) is 13.2. The highest BCUT2D eigenvalue weighted by molar-refractivity contribution is 6.19. The van der Waals surface area contributed by atoms with Crippen LogP contribution in [-0.2, 0) is 16.6 Å². The van der Waals surface area contributed by atoms with E-state index in [0.717, 1.165) is 75.2 Å². The number of carbonyl (C=O) groups excluding carboxylic acids is 1. The molecule has 36 heavy (non-hydrogen) atoms. The fraction of sp³-hybridized carbons (Fsp3) is 0.467. The van der Waals surface area contributed by atoms with E-state index in [0.29, 0.717) is 28.5 Å². The third-order valence-corrected chi connectivity index (χ3v) is 8.50. The summed E-state index contributed by atoms with van der Waals surface area (Å²) in [4.78, 5) is 19.0. The van der Waals surface area contributed by atoms with Gasteiger partial charge in [-0.1, -0.05) is 6.92 Å². The van der Waals surface area contributed by atoms with Crippen LogP contribution in [0, 0.1) is 11.3 Å². The van der Waals surface area contributed by atoms with E-state index < -0.39 is 5.41 Å². The quantitative estimate of drug-likeness (QED) is 0.520. The minimum absolute atomic E-state index is 0.0232. The van der Waals surface area contributed by atoms with E-state index in [1.165, 1.54) is 11.3 Å². The minimum Gasteiger partial charge on any atom is -0.459 e. The Morgan fingerprint density at radius 3 is 2.53 bits per heavy atom. The van der Waals surface area contributed by atoms with E-state index in [4.69, 9.17) is 9.15 Å². The standard InChI is InChI=1S/C30H33N3O3/c1-4-20-16-23-24(17-25(20)33-9-7-21(8-10-33)32-11-13-35-14-12-32)30(2,3)29-27(28(23)34)22-6-5-19(18-31)15-26(22)36-29/h5-6,15-17,21H,4,7-14H2,1-3H3. The lowest BCUT2D eigenvalue weighted by atomic mass is 9.71. The molecule has 3 heterocycles. The summed E-state index contributed by atoms with van der Waals surface area (Å²) in [6.07, 6.45) is 3.18. The number of benzene rings is 2. The van der Waals surface area contributed by atoms with Gasteiger partial charge in [-0.25, -0.2) is 0 Å². The predicted octanol–water partition coefficient (Wildman–Crippen LogP) is 5.04. The Morgan fingerprint density at radius 1 is 1.08 bits per heavy atom. The third-order valence-electron chi connectivity index (χ3n) is 8.50. The molecule has 0 N–H and O–H groups in total. The maximum atomic E-state index is 13.8. The number of nitriles is 1. The second-order valence-electron chi connectivity index (χ2n) is 10.8. The lowest BCUT2D eigenvalue weighted by molar-refractivity contribution is 0.0115. The van der Waals surface area contributed by atoms with Crippen molar-refractivity contribution in [3.05, 3.63) is 63.9 Å². The molecular weight excluding hydrogens is 450 g/mol. The molecule has 3 aromatic rings. The molecule has 186 valence electrons. The number of rotatable bonds is 3. The summed E-state index contributed by atoms with van der Waals surface area (Å²) in [7, 11) is 0. The molecule has 2 fully saturated rings. The lowest BCUT2D eigenvalue weighted by Gasteiger charge is -2.42. The monoisotopic (exact) mass is 483 g/mol. The van der Waals surface area contributed by atoms with E-state index in [-0.39, 0.29) is 5.78 Å². The molecule has 3 aliphatic rings. The highest BCUT2D eigenvalue weighted by Gasteiger charge is 2.42. The van der Waals surface area contributed by atoms with Crippen molar-refractivity contribution in [2.45, 2.75) is 51.5 Å². The smallest absolute Gasteiger partial charge is 0.197 e. The molecule has 0 radical (unpaired) electrons. The lowest BCUT2D eigenvalue weighted by Crippen LogP contribution is -2.49. The maximum absolute atomic E-state index is 13.8.